The molecule has 0 heterocycles. The average Bonchev–Trinajstić information content (AvgIpc) is 2.42. The summed E-state index contributed by atoms with van der Waals surface area (Å²) in [7, 11) is 1.59. The SMILES string of the molecule is CCC1([CH]c2ccc(O)c(OC)c2)CCCCC1. The Bertz CT molecular complexity index is 392. The largest absolute Gasteiger partial charge is 0.504 e. The molecule has 2 rings (SSSR count). The number of hydrogen-bond donors (Lipinski definition) is 1. The molecule has 0 spiro atoms. The summed E-state index contributed by atoms with van der Waals surface area (Å²) in [5.41, 5.74) is 1.51. The first-order valence-corrected chi connectivity index (χ1v) is 6.92. The smallest absolute Gasteiger partial charge is 0.160 e. The Morgan fingerprint density at radius 2 is 2.00 bits per heavy atom. The van der Waals surface area contributed by atoms with E-state index in [0.717, 1.165) is 5.56 Å². The number of phenolic OH excluding ortho intramolecular Hbond substituents is 1. The lowest BCUT2D eigenvalue weighted by Crippen LogP contribution is -2.24. The van der Waals surface area contributed by atoms with E-state index in [0.29, 0.717) is 11.2 Å². The highest BCUT2D eigenvalue weighted by Gasteiger charge is 2.30. The Balaban J connectivity index is 2.16. The maximum atomic E-state index is 9.62. The van der Waals surface area contributed by atoms with Crippen molar-refractivity contribution in [1.29, 1.82) is 0 Å². The lowest BCUT2D eigenvalue weighted by molar-refractivity contribution is 0.230. The molecule has 1 aromatic carbocycles. The van der Waals surface area contributed by atoms with Crippen molar-refractivity contribution in [2.75, 3.05) is 7.11 Å². The lowest BCUT2D eigenvalue weighted by Gasteiger charge is -2.36. The molecule has 0 atom stereocenters. The van der Waals surface area contributed by atoms with E-state index in [1.165, 1.54) is 38.5 Å². The van der Waals surface area contributed by atoms with Crippen molar-refractivity contribution in [2.24, 2.45) is 5.41 Å². The van der Waals surface area contributed by atoms with Crippen molar-refractivity contribution in [3.05, 3.63) is 30.2 Å². The molecule has 0 unspecified atom stereocenters. The van der Waals surface area contributed by atoms with Gasteiger partial charge in [-0.2, -0.15) is 0 Å². The molecule has 99 valence electrons. The first-order chi connectivity index (χ1) is 8.69. The zero-order valence-corrected chi connectivity index (χ0v) is 11.4. The van der Waals surface area contributed by atoms with Gasteiger partial charge in [0.2, 0.25) is 0 Å². The van der Waals surface area contributed by atoms with E-state index >= 15 is 0 Å². The number of rotatable bonds is 4. The molecule has 0 aromatic heterocycles. The molecular formula is C16H23O2. The highest BCUT2D eigenvalue weighted by molar-refractivity contribution is 5.44. The molecule has 1 fully saturated rings. The van der Waals surface area contributed by atoms with Gasteiger partial charge >= 0.3 is 0 Å². The molecule has 2 heteroatoms. The molecule has 2 nitrogen and oxygen atoms in total. The molecule has 0 bridgehead atoms. The van der Waals surface area contributed by atoms with Crippen LogP contribution in [0.4, 0.5) is 0 Å². The third-order valence-corrected chi connectivity index (χ3v) is 4.23. The van der Waals surface area contributed by atoms with Crippen LogP contribution in [0.5, 0.6) is 11.5 Å². The second-order valence-corrected chi connectivity index (χ2v) is 5.35. The van der Waals surface area contributed by atoms with Gasteiger partial charge in [-0.15, -0.1) is 0 Å². The van der Waals surface area contributed by atoms with Gasteiger partial charge in [0.15, 0.2) is 11.5 Å². The van der Waals surface area contributed by atoms with Crippen molar-refractivity contribution in [2.45, 2.75) is 45.4 Å². The van der Waals surface area contributed by atoms with E-state index in [-0.39, 0.29) is 5.75 Å². The van der Waals surface area contributed by atoms with Gasteiger partial charge in [0, 0.05) is 0 Å². The van der Waals surface area contributed by atoms with Crippen LogP contribution in [0.2, 0.25) is 0 Å². The molecule has 18 heavy (non-hydrogen) atoms. The highest BCUT2D eigenvalue weighted by atomic mass is 16.5. The topological polar surface area (TPSA) is 29.5 Å². The summed E-state index contributed by atoms with van der Waals surface area (Å²) in [6.45, 7) is 2.28. The van der Waals surface area contributed by atoms with Gasteiger partial charge in [-0.25, -0.2) is 0 Å². The van der Waals surface area contributed by atoms with Crippen molar-refractivity contribution in [3.8, 4) is 11.5 Å². The summed E-state index contributed by atoms with van der Waals surface area (Å²) in [4.78, 5) is 0. The van der Waals surface area contributed by atoms with E-state index in [4.69, 9.17) is 4.74 Å². The number of benzene rings is 1. The molecule has 1 saturated carbocycles. The number of ether oxygens (including phenoxy) is 1. The van der Waals surface area contributed by atoms with Gasteiger partial charge < -0.3 is 9.84 Å². The van der Waals surface area contributed by atoms with E-state index < -0.39 is 0 Å². The molecule has 1 aliphatic carbocycles. The fourth-order valence-corrected chi connectivity index (χ4v) is 2.99. The molecule has 1 aliphatic rings. The minimum Gasteiger partial charge on any atom is -0.504 e. The predicted molar refractivity (Wildman–Crippen MR) is 73.9 cm³/mol. The lowest BCUT2D eigenvalue weighted by atomic mass is 9.69. The first-order valence-electron chi connectivity index (χ1n) is 6.92. The van der Waals surface area contributed by atoms with Crippen LogP contribution >= 0.6 is 0 Å². The molecule has 1 aromatic rings. The average molecular weight is 247 g/mol. The van der Waals surface area contributed by atoms with Crippen LogP contribution in [0, 0.1) is 11.8 Å². The third kappa shape index (κ3) is 2.80. The van der Waals surface area contributed by atoms with Crippen LogP contribution in [-0.2, 0) is 0 Å². The van der Waals surface area contributed by atoms with Crippen molar-refractivity contribution in [1.82, 2.24) is 0 Å². The zero-order valence-electron chi connectivity index (χ0n) is 11.4. The van der Waals surface area contributed by atoms with Gasteiger partial charge in [-0.05, 0) is 48.8 Å². The van der Waals surface area contributed by atoms with Crippen LogP contribution in [0.3, 0.4) is 0 Å². The minimum absolute atomic E-state index is 0.212. The number of hydrogen-bond acceptors (Lipinski definition) is 2. The summed E-state index contributed by atoms with van der Waals surface area (Å²) in [6.07, 6.45) is 10.2. The zero-order chi connectivity index (χ0) is 13.0. The molecule has 0 saturated heterocycles. The van der Waals surface area contributed by atoms with Crippen LogP contribution < -0.4 is 4.74 Å². The fourth-order valence-electron chi connectivity index (χ4n) is 2.99. The summed E-state index contributed by atoms with van der Waals surface area (Å²) < 4.78 is 5.17. The summed E-state index contributed by atoms with van der Waals surface area (Å²) in [6, 6.07) is 5.63. The Hall–Kier alpha value is -1.18. The first kappa shape index (κ1) is 13.3. The van der Waals surface area contributed by atoms with E-state index in [1.54, 1.807) is 13.2 Å². The Morgan fingerprint density at radius 1 is 1.28 bits per heavy atom. The Kier molecular flexibility index (Phi) is 4.15. The van der Waals surface area contributed by atoms with Crippen molar-refractivity contribution >= 4 is 0 Å². The van der Waals surface area contributed by atoms with E-state index in [1.807, 2.05) is 12.1 Å². The summed E-state index contributed by atoms with van der Waals surface area (Å²) >= 11 is 0. The van der Waals surface area contributed by atoms with Crippen LogP contribution in [0.15, 0.2) is 18.2 Å². The molecular weight excluding hydrogens is 224 g/mol. The molecule has 1 N–H and O–H groups in total. The van der Waals surface area contributed by atoms with Gasteiger partial charge in [0.1, 0.15) is 0 Å². The van der Waals surface area contributed by atoms with Gasteiger partial charge in [0.25, 0.3) is 0 Å². The quantitative estimate of drug-likeness (QED) is 0.859. The number of aromatic hydroxyl groups is 1. The standard InChI is InChI=1S/C16H23O2/c1-3-16(9-5-4-6-10-16)12-13-7-8-14(17)15(11-13)18-2/h7-8,11-12,17H,3-6,9-10H2,1-2H3. The van der Waals surface area contributed by atoms with E-state index in [9.17, 15) is 5.11 Å². The van der Waals surface area contributed by atoms with Gasteiger partial charge in [0.05, 0.1) is 7.11 Å². The molecule has 0 aliphatic heterocycles. The molecule has 0 amide bonds. The van der Waals surface area contributed by atoms with Crippen molar-refractivity contribution in [3.63, 3.8) is 0 Å². The van der Waals surface area contributed by atoms with Crippen molar-refractivity contribution < 1.29 is 9.84 Å². The Labute approximate surface area is 110 Å². The van der Waals surface area contributed by atoms with Crippen LogP contribution in [-0.4, -0.2) is 12.2 Å². The predicted octanol–water partition coefficient (Wildman–Crippen LogP) is 4.31. The Morgan fingerprint density at radius 3 is 2.61 bits per heavy atom. The monoisotopic (exact) mass is 247 g/mol. The highest BCUT2D eigenvalue weighted by Crippen LogP contribution is 2.44. The normalized spacial score (nSPS) is 18.6. The number of methoxy groups -OCH3 is 1. The fraction of sp³-hybridized carbons (Fsp3) is 0.562. The number of phenols is 1. The van der Waals surface area contributed by atoms with Crippen LogP contribution in [0.1, 0.15) is 51.0 Å². The minimum atomic E-state index is 0.212. The second-order valence-electron chi connectivity index (χ2n) is 5.35. The maximum Gasteiger partial charge on any atom is 0.160 e. The molecule has 1 radical (unpaired) electrons. The summed E-state index contributed by atoms with van der Waals surface area (Å²) in [5.74, 6) is 0.773. The van der Waals surface area contributed by atoms with Crippen LogP contribution in [0.25, 0.3) is 0 Å². The van der Waals surface area contributed by atoms with Gasteiger partial charge in [-0.3, -0.25) is 0 Å². The summed E-state index contributed by atoms with van der Waals surface area (Å²) in [5, 5.41) is 9.62. The van der Waals surface area contributed by atoms with Gasteiger partial charge in [-0.1, -0.05) is 32.3 Å². The third-order valence-electron chi connectivity index (χ3n) is 4.23. The maximum absolute atomic E-state index is 9.62. The van der Waals surface area contributed by atoms with E-state index in [2.05, 4.69) is 13.3 Å². The second kappa shape index (κ2) is 5.64.